The molecule has 1 N–H and O–H groups in total. The number of hydrogen-bond acceptors (Lipinski definition) is 3. The SMILES string of the molecule is CN(Cc1cn2c(n1)CCCC2)CC1CCNCC1.Cl. The molecule has 0 amide bonds. The summed E-state index contributed by atoms with van der Waals surface area (Å²) in [5.74, 6) is 2.17. The lowest BCUT2D eigenvalue weighted by molar-refractivity contribution is 0.233. The van der Waals surface area contributed by atoms with E-state index in [9.17, 15) is 0 Å². The lowest BCUT2D eigenvalue weighted by Gasteiger charge is -2.27. The molecule has 3 rings (SSSR count). The molecular weight excluding hydrogens is 272 g/mol. The highest BCUT2D eigenvalue weighted by atomic mass is 35.5. The largest absolute Gasteiger partial charge is 0.335 e. The van der Waals surface area contributed by atoms with Crippen LogP contribution in [0, 0.1) is 5.92 Å². The minimum atomic E-state index is 0. The van der Waals surface area contributed by atoms with Crippen molar-refractivity contribution in [3.8, 4) is 0 Å². The third kappa shape index (κ3) is 3.96. The van der Waals surface area contributed by atoms with Gasteiger partial charge in [0.1, 0.15) is 5.82 Å². The van der Waals surface area contributed by atoms with E-state index in [1.165, 1.54) is 63.4 Å². The first-order valence-corrected chi connectivity index (χ1v) is 7.75. The summed E-state index contributed by atoms with van der Waals surface area (Å²) in [5.41, 5.74) is 1.26. The smallest absolute Gasteiger partial charge is 0.109 e. The van der Waals surface area contributed by atoms with Gasteiger partial charge in [0.15, 0.2) is 0 Å². The highest BCUT2D eigenvalue weighted by Crippen LogP contribution is 2.17. The lowest BCUT2D eigenvalue weighted by Crippen LogP contribution is -2.34. The van der Waals surface area contributed by atoms with Crippen LogP contribution in [0.25, 0.3) is 0 Å². The minimum Gasteiger partial charge on any atom is -0.335 e. The number of aryl methyl sites for hydroxylation is 2. The molecule has 0 atom stereocenters. The van der Waals surface area contributed by atoms with Crippen LogP contribution in [0.4, 0.5) is 0 Å². The quantitative estimate of drug-likeness (QED) is 0.924. The Morgan fingerprint density at radius 2 is 2.15 bits per heavy atom. The molecule has 0 aromatic carbocycles. The second-order valence-corrected chi connectivity index (χ2v) is 6.19. The minimum absolute atomic E-state index is 0. The molecule has 2 aliphatic rings. The zero-order chi connectivity index (χ0) is 13.1. The number of nitrogens with one attached hydrogen (secondary N) is 1. The van der Waals surface area contributed by atoms with E-state index in [0.29, 0.717) is 0 Å². The van der Waals surface area contributed by atoms with Gasteiger partial charge in [-0.1, -0.05) is 0 Å². The van der Waals surface area contributed by atoms with Crippen LogP contribution in [0.3, 0.4) is 0 Å². The number of fused-ring (bicyclic) bond motifs is 1. The van der Waals surface area contributed by atoms with Crippen LogP contribution in [0.15, 0.2) is 6.20 Å². The van der Waals surface area contributed by atoms with Crippen LogP contribution in [0.1, 0.15) is 37.2 Å². The summed E-state index contributed by atoms with van der Waals surface area (Å²) in [6.45, 7) is 5.77. The van der Waals surface area contributed by atoms with Gasteiger partial charge >= 0.3 is 0 Å². The van der Waals surface area contributed by atoms with Gasteiger partial charge in [0.2, 0.25) is 0 Å². The molecule has 0 unspecified atom stereocenters. The van der Waals surface area contributed by atoms with Crippen molar-refractivity contribution in [3.63, 3.8) is 0 Å². The molecule has 3 heterocycles. The number of hydrogen-bond donors (Lipinski definition) is 1. The molecule has 0 radical (unpaired) electrons. The summed E-state index contributed by atoms with van der Waals surface area (Å²) in [6.07, 6.45) is 8.70. The molecule has 20 heavy (non-hydrogen) atoms. The Bertz CT molecular complexity index is 389. The van der Waals surface area contributed by atoms with Gasteiger partial charge in [-0.3, -0.25) is 0 Å². The molecule has 1 fully saturated rings. The van der Waals surface area contributed by atoms with Crippen LogP contribution in [-0.4, -0.2) is 41.1 Å². The Balaban J connectivity index is 0.00000147. The fourth-order valence-electron chi connectivity index (χ4n) is 3.39. The second-order valence-electron chi connectivity index (χ2n) is 6.19. The third-order valence-electron chi connectivity index (χ3n) is 4.42. The van der Waals surface area contributed by atoms with Crippen LogP contribution in [-0.2, 0) is 19.5 Å². The Morgan fingerprint density at radius 1 is 1.35 bits per heavy atom. The average molecular weight is 299 g/mol. The molecule has 0 saturated carbocycles. The van der Waals surface area contributed by atoms with Gasteiger partial charge in [-0.05, 0) is 51.7 Å². The number of imidazole rings is 1. The Labute approximate surface area is 128 Å². The van der Waals surface area contributed by atoms with E-state index in [1.54, 1.807) is 0 Å². The Hall–Kier alpha value is -0.580. The monoisotopic (exact) mass is 298 g/mol. The third-order valence-corrected chi connectivity index (χ3v) is 4.42. The van der Waals surface area contributed by atoms with Crippen molar-refractivity contribution in [2.75, 3.05) is 26.7 Å². The fourth-order valence-corrected chi connectivity index (χ4v) is 3.39. The van der Waals surface area contributed by atoms with Gasteiger partial charge in [0, 0.05) is 32.3 Å². The van der Waals surface area contributed by atoms with Crippen molar-refractivity contribution in [3.05, 3.63) is 17.7 Å². The predicted molar refractivity (Wildman–Crippen MR) is 84.3 cm³/mol. The number of aromatic nitrogens is 2. The van der Waals surface area contributed by atoms with Crippen molar-refractivity contribution >= 4 is 12.4 Å². The maximum atomic E-state index is 4.79. The molecular formula is C15H27ClN4. The van der Waals surface area contributed by atoms with E-state index in [1.807, 2.05) is 0 Å². The first-order valence-electron chi connectivity index (χ1n) is 7.75. The Kier molecular flexibility index (Phi) is 5.87. The topological polar surface area (TPSA) is 33.1 Å². The number of nitrogens with zero attached hydrogens (tertiary/aromatic N) is 3. The maximum Gasteiger partial charge on any atom is 0.109 e. The maximum absolute atomic E-state index is 4.79. The molecule has 1 aromatic rings. The highest BCUT2D eigenvalue weighted by Gasteiger charge is 2.17. The van der Waals surface area contributed by atoms with Gasteiger partial charge < -0.3 is 14.8 Å². The zero-order valence-electron chi connectivity index (χ0n) is 12.5. The number of halogens is 1. The molecule has 0 aliphatic carbocycles. The van der Waals surface area contributed by atoms with Gasteiger partial charge in [0.05, 0.1) is 5.69 Å². The lowest BCUT2D eigenvalue weighted by atomic mass is 9.98. The van der Waals surface area contributed by atoms with E-state index in [2.05, 4.69) is 28.0 Å². The molecule has 0 spiro atoms. The molecule has 1 aromatic heterocycles. The van der Waals surface area contributed by atoms with Crippen LogP contribution < -0.4 is 5.32 Å². The van der Waals surface area contributed by atoms with E-state index in [-0.39, 0.29) is 12.4 Å². The van der Waals surface area contributed by atoms with Gasteiger partial charge in [-0.2, -0.15) is 0 Å². The molecule has 1 saturated heterocycles. The first kappa shape index (κ1) is 15.8. The molecule has 0 bridgehead atoms. The Morgan fingerprint density at radius 3 is 2.90 bits per heavy atom. The van der Waals surface area contributed by atoms with Crippen molar-refractivity contribution in [1.29, 1.82) is 0 Å². The standard InChI is InChI=1S/C15H26N4.ClH/c1-18(10-13-5-7-16-8-6-13)11-14-12-19-9-3-2-4-15(19)17-14;/h12-13,16H,2-11H2,1H3;1H. The van der Waals surface area contributed by atoms with Gasteiger partial charge in [-0.25, -0.2) is 4.98 Å². The van der Waals surface area contributed by atoms with E-state index < -0.39 is 0 Å². The normalized spacial score (nSPS) is 19.7. The van der Waals surface area contributed by atoms with E-state index in [4.69, 9.17) is 4.98 Å². The average Bonchev–Trinajstić information content (AvgIpc) is 2.81. The summed E-state index contributed by atoms with van der Waals surface area (Å²) in [7, 11) is 2.24. The predicted octanol–water partition coefficient (Wildman–Crippen LogP) is 2.07. The van der Waals surface area contributed by atoms with Crippen LogP contribution in [0.2, 0.25) is 0 Å². The number of rotatable bonds is 4. The summed E-state index contributed by atoms with van der Waals surface area (Å²) >= 11 is 0. The molecule has 114 valence electrons. The van der Waals surface area contributed by atoms with Crippen molar-refractivity contribution in [2.24, 2.45) is 5.92 Å². The summed E-state index contributed by atoms with van der Waals surface area (Å²) < 4.78 is 2.36. The number of piperidine rings is 1. The van der Waals surface area contributed by atoms with E-state index in [0.717, 1.165) is 18.9 Å². The molecule has 4 nitrogen and oxygen atoms in total. The summed E-state index contributed by atoms with van der Waals surface area (Å²) in [6, 6.07) is 0. The second kappa shape index (κ2) is 7.43. The van der Waals surface area contributed by atoms with E-state index >= 15 is 0 Å². The van der Waals surface area contributed by atoms with Crippen LogP contribution >= 0.6 is 12.4 Å². The van der Waals surface area contributed by atoms with Crippen LogP contribution in [0.5, 0.6) is 0 Å². The zero-order valence-corrected chi connectivity index (χ0v) is 13.3. The fraction of sp³-hybridized carbons (Fsp3) is 0.800. The summed E-state index contributed by atoms with van der Waals surface area (Å²) in [5, 5.41) is 3.44. The summed E-state index contributed by atoms with van der Waals surface area (Å²) in [4.78, 5) is 7.24. The molecule has 5 heteroatoms. The van der Waals surface area contributed by atoms with Gasteiger partial charge in [0.25, 0.3) is 0 Å². The molecule has 2 aliphatic heterocycles. The highest BCUT2D eigenvalue weighted by molar-refractivity contribution is 5.85. The van der Waals surface area contributed by atoms with Crippen molar-refractivity contribution in [1.82, 2.24) is 19.8 Å². The van der Waals surface area contributed by atoms with Crippen molar-refractivity contribution in [2.45, 2.75) is 45.2 Å². The first-order chi connectivity index (χ1) is 9.31. The van der Waals surface area contributed by atoms with Crippen molar-refractivity contribution < 1.29 is 0 Å². The van der Waals surface area contributed by atoms with Gasteiger partial charge in [-0.15, -0.1) is 12.4 Å².